The van der Waals surface area contributed by atoms with Crippen molar-refractivity contribution >= 4 is 22.4 Å². The van der Waals surface area contributed by atoms with E-state index in [4.69, 9.17) is 4.74 Å². The van der Waals surface area contributed by atoms with Crippen LogP contribution in [0.5, 0.6) is 5.75 Å². The van der Waals surface area contributed by atoms with E-state index in [1.807, 2.05) is 0 Å². The lowest BCUT2D eigenvalue weighted by Gasteiger charge is -2.04. The molecule has 1 amide bonds. The van der Waals surface area contributed by atoms with Crippen molar-refractivity contribution < 1.29 is 22.7 Å². The molecule has 8 heteroatoms. The van der Waals surface area contributed by atoms with E-state index in [-0.39, 0.29) is 5.13 Å². The van der Waals surface area contributed by atoms with Gasteiger partial charge in [-0.05, 0) is 24.3 Å². The van der Waals surface area contributed by atoms with E-state index in [0.717, 1.165) is 16.9 Å². The standard InChI is InChI=1S/C12H9F3N2O2S/c1-19-8-4-2-7(3-5-8)9-6-20-11(16-9)17-10(18)12(13,14)15/h2-6H,1H3,(H,16,17,18). The number of hydrogen-bond acceptors (Lipinski definition) is 4. The van der Waals surface area contributed by atoms with Gasteiger partial charge in [0.05, 0.1) is 12.8 Å². The average Bonchev–Trinajstić information content (AvgIpc) is 2.86. The fourth-order valence-electron chi connectivity index (χ4n) is 1.39. The number of nitrogens with one attached hydrogen (secondary N) is 1. The summed E-state index contributed by atoms with van der Waals surface area (Å²) >= 11 is 0.924. The van der Waals surface area contributed by atoms with Gasteiger partial charge in [-0.3, -0.25) is 10.1 Å². The molecule has 0 spiro atoms. The molecule has 0 saturated heterocycles. The maximum Gasteiger partial charge on any atom is 0.471 e. The van der Waals surface area contributed by atoms with Gasteiger partial charge in [0.1, 0.15) is 5.75 Å². The molecule has 2 aromatic rings. The number of hydrogen-bond donors (Lipinski definition) is 1. The van der Waals surface area contributed by atoms with Crippen molar-refractivity contribution in [2.75, 3.05) is 12.4 Å². The van der Waals surface area contributed by atoms with Gasteiger partial charge in [0.2, 0.25) is 0 Å². The first kappa shape index (κ1) is 14.3. The van der Waals surface area contributed by atoms with E-state index in [9.17, 15) is 18.0 Å². The lowest BCUT2D eigenvalue weighted by atomic mass is 10.2. The van der Waals surface area contributed by atoms with Crippen LogP contribution >= 0.6 is 11.3 Å². The van der Waals surface area contributed by atoms with Crippen molar-refractivity contribution in [3.63, 3.8) is 0 Å². The fraction of sp³-hybridized carbons (Fsp3) is 0.167. The highest BCUT2D eigenvalue weighted by molar-refractivity contribution is 7.14. The van der Waals surface area contributed by atoms with E-state index in [2.05, 4.69) is 4.98 Å². The molecular weight excluding hydrogens is 293 g/mol. The Kier molecular flexibility index (Phi) is 3.93. The van der Waals surface area contributed by atoms with Gasteiger partial charge in [-0.15, -0.1) is 11.3 Å². The van der Waals surface area contributed by atoms with Crippen LogP contribution in [-0.2, 0) is 4.79 Å². The summed E-state index contributed by atoms with van der Waals surface area (Å²) in [6, 6.07) is 6.87. The first-order valence-electron chi connectivity index (χ1n) is 5.38. The van der Waals surface area contributed by atoms with E-state index in [1.165, 1.54) is 7.11 Å². The summed E-state index contributed by atoms with van der Waals surface area (Å²) in [7, 11) is 1.53. The van der Waals surface area contributed by atoms with Gasteiger partial charge in [0.15, 0.2) is 5.13 Å². The van der Waals surface area contributed by atoms with Gasteiger partial charge in [-0.1, -0.05) is 0 Å². The molecule has 0 aliphatic heterocycles. The molecule has 4 nitrogen and oxygen atoms in total. The number of amides is 1. The Balaban J connectivity index is 2.14. The number of carbonyl (C=O) groups is 1. The molecule has 0 unspecified atom stereocenters. The van der Waals surface area contributed by atoms with Crippen molar-refractivity contribution in [2.24, 2.45) is 0 Å². The second-order valence-corrected chi connectivity index (χ2v) is 4.58. The third kappa shape index (κ3) is 3.27. The normalized spacial score (nSPS) is 11.2. The minimum atomic E-state index is -4.92. The number of rotatable bonds is 3. The molecule has 1 N–H and O–H groups in total. The molecule has 0 aliphatic rings. The largest absolute Gasteiger partial charge is 0.497 e. The van der Waals surface area contributed by atoms with Crippen LogP contribution in [-0.4, -0.2) is 24.2 Å². The monoisotopic (exact) mass is 302 g/mol. The summed E-state index contributed by atoms with van der Waals surface area (Å²) in [5.74, 6) is -1.37. The predicted molar refractivity (Wildman–Crippen MR) is 68.8 cm³/mol. The van der Waals surface area contributed by atoms with Crippen LogP contribution in [0.15, 0.2) is 29.6 Å². The Hall–Kier alpha value is -2.09. The molecule has 0 radical (unpaired) electrons. The molecule has 0 aliphatic carbocycles. The summed E-state index contributed by atoms with van der Waals surface area (Å²) in [5, 5.41) is 3.18. The zero-order valence-electron chi connectivity index (χ0n) is 10.2. The molecule has 0 fully saturated rings. The van der Waals surface area contributed by atoms with Crippen LogP contribution in [0.3, 0.4) is 0 Å². The number of halogens is 3. The fourth-order valence-corrected chi connectivity index (χ4v) is 2.11. The van der Waals surface area contributed by atoms with Crippen LogP contribution < -0.4 is 10.1 Å². The van der Waals surface area contributed by atoms with Crippen LogP contribution in [0.2, 0.25) is 0 Å². The Morgan fingerprint density at radius 1 is 1.30 bits per heavy atom. The van der Waals surface area contributed by atoms with Crippen LogP contribution in [0.4, 0.5) is 18.3 Å². The highest BCUT2D eigenvalue weighted by Gasteiger charge is 2.39. The number of benzene rings is 1. The first-order chi connectivity index (χ1) is 9.40. The van der Waals surface area contributed by atoms with Crippen molar-refractivity contribution in [3.8, 4) is 17.0 Å². The quantitative estimate of drug-likeness (QED) is 0.946. The van der Waals surface area contributed by atoms with Crippen molar-refractivity contribution in [2.45, 2.75) is 6.18 Å². The Morgan fingerprint density at radius 2 is 1.95 bits per heavy atom. The molecule has 0 saturated carbocycles. The van der Waals surface area contributed by atoms with Crippen LogP contribution in [0, 0.1) is 0 Å². The average molecular weight is 302 g/mol. The van der Waals surface area contributed by atoms with Crippen molar-refractivity contribution in [1.29, 1.82) is 0 Å². The number of methoxy groups -OCH3 is 1. The minimum Gasteiger partial charge on any atom is -0.497 e. The number of aromatic nitrogens is 1. The SMILES string of the molecule is COc1ccc(-c2csc(NC(=O)C(F)(F)F)n2)cc1. The Morgan fingerprint density at radius 3 is 2.50 bits per heavy atom. The molecule has 2 rings (SSSR count). The van der Waals surface area contributed by atoms with Crippen molar-refractivity contribution in [3.05, 3.63) is 29.6 Å². The van der Waals surface area contributed by atoms with Gasteiger partial charge in [-0.2, -0.15) is 13.2 Å². The minimum absolute atomic E-state index is 0.0989. The number of thiazole rings is 1. The third-order valence-corrected chi connectivity index (χ3v) is 3.13. The number of anilines is 1. The summed E-state index contributed by atoms with van der Waals surface area (Å²) in [4.78, 5) is 14.7. The summed E-state index contributed by atoms with van der Waals surface area (Å²) < 4.78 is 41.3. The molecule has 106 valence electrons. The summed E-state index contributed by atoms with van der Waals surface area (Å²) in [6.45, 7) is 0. The number of nitrogens with zero attached hydrogens (tertiary/aromatic N) is 1. The number of carbonyl (C=O) groups excluding carboxylic acids is 1. The zero-order valence-corrected chi connectivity index (χ0v) is 11.0. The van der Waals surface area contributed by atoms with Gasteiger partial charge in [-0.25, -0.2) is 4.98 Å². The van der Waals surface area contributed by atoms with E-state index < -0.39 is 12.1 Å². The number of alkyl halides is 3. The third-order valence-electron chi connectivity index (χ3n) is 2.37. The summed E-state index contributed by atoms with van der Waals surface area (Å²) in [6.07, 6.45) is -4.92. The van der Waals surface area contributed by atoms with Gasteiger partial charge in [0, 0.05) is 10.9 Å². The molecule has 0 bridgehead atoms. The highest BCUT2D eigenvalue weighted by Crippen LogP contribution is 2.27. The van der Waals surface area contributed by atoms with E-state index in [0.29, 0.717) is 11.4 Å². The molecule has 0 atom stereocenters. The Labute approximate surface area is 116 Å². The highest BCUT2D eigenvalue weighted by atomic mass is 32.1. The predicted octanol–water partition coefficient (Wildman–Crippen LogP) is 3.32. The first-order valence-corrected chi connectivity index (χ1v) is 6.26. The zero-order chi connectivity index (χ0) is 14.8. The number of ether oxygens (including phenoxy) is 1. The Bertz CT molecular complexity index is 608. The van der Waals surface area contributed by atoms with Gasteiger partial charge in [0.25, 0.3) is 0 Å². The van der Waals surface area contributed by atoms with Crippen LogP contribution in [0.25, 0.3) is 11.3 Å². The maximum absolute atomic E-state index is 12.1. The molecular formula is C12H9F3N2O2S. The molecule has 20 heavy (non-hydrogen) atoms. The second-order valence-electron chi connectivity index (χ2n) is 3.72. The lowest BCUT2D eigenvalue weighted by Crippen LogP contribution is -2.29. The van der Waals surface area contributed by atoms with Gasteiger partial charge < -0.3 is 4.74 Å². The van der Waals surface area contributed by atoms with Crippen LogP contribution in [0.1, 0.15) is 0 Å². The van der Waals surface area contributed by atoms with Gasteiger partial charge >= 0.3 is 12.1 Å². The smallest absolute Gasteiger partial charge is 0.471 e. The van der Waals surface area contributed by atoms with Crippen molar-refractivity contribution in [1.82, 2.24) is 4.98 Å². The van der Waals surface area contributed by atoms with E-state index in [1.54, 1.807) is 35.0 Å². The lowest BCUT2D eigenvalue weighted by molar-refractivity contribution is -0.167. The molecule has 1 aromatic heterocycles. The second kappa shape index (κ2) is 5.49. The maximum atomic E-state index is 12.1. The molecule has 1 heterocycles. The topological polar surface area (TPSA) is 51.2 Å². The van der Waals surface area contributed by atoms with E-state index >= 15 is 0 Å². The summed E-state index contributed by atoms with van der Waals surface area (Å²) in [5.41, 5.74) is 1.20. The molecule has 1 aromatic carbocycles.